The van der Waals surface area contributed by atoms with Crippen molar-refractivity contribution in [2.45, 2.75) is 13.3 Å². The van der Waals surface area contributed by atoms with Crippen LogP contribution in [-0.4, -0.2) is 13.0 Å². The second-order valence-electron chi connectivity index (χ2n) is 2.84. The van der Waals surface area contributed by atoms with E-state index in [1.165, 1.54) is 6.08 Å². The van der Waals surface area contributed by atoms with Gasteiger partial charge in [-0.15, -0.1) is 6.58 Å². The first-order valence-corrected chi connectivity index (χ1v) is 4.60. The summed E-state index contributed by atoms with van der Waals surface area (Å²) in [5.74, 6) is 0.472. The van der Waals surface area contributed by atoms with Crippen LogP contribution in [0.1, 0.15) is 13.3 Å². The number of carbonyl (C=O) groups is 1. The van der Waals surface area contributed by atoms with E-state index in [4.69, 9.17) is 4.74 Å². The molecule has 0 fully saturated rings. The summed E-state index contributed by atoms with van der Waals surface area (Å²) in [5.41, 5.74) is 0.680. The summed E-state index contributed by atoms with van der Waals surface area (Å²) in [5, 5.41) is 2.67. The van der Waals surface area contributed by atoms with Crippen molar-refractivity contribution in [2.24, 2.45) is 0 Å². The van der Waals surface area contributed by atoms with Crippen LogP contribution in [-0.2, 0) is 9.53 Å². The predicted molar refractivity (Wildman–Crippen MR) is 62.0 cm³/mol. The molecule has 0 aliphatic carbocycles. The van der Waals surface area contributed by atoms with Crippen LogP contribution in [0.3, 0.4) is 0 Å². The maximum Gasteiger partial charge on any atom is 0.247 e. The minimum Gasteiger partial charge on any atom is -0.501 e. The van der Waals surface area contributed by atoms with Gasteiger partial charge in [0.2, 0.25) is 5.91 Å². The number of nitrogens with one attached hydrogen (secondary N) is 1. The smallest absolute Gasteiger partial charge is 0.247 e. The zero-order chi connectivity index (χ0) is 11.7. The quantitative estimate of drug-likeness (QED) is 0.314. The Morgan fingerprint density at radius 2 is 2.13 bits per heavy atom. The predicted octanol–water partition coefficient (Wildman–Crippen LogP) is 2.30. The fourth-order valence-corrected chi connectivity index (χ4v) is 0.828. The molecule has 1 N–H and O–H groups in total. The minimum atomic E-state index is -0.245. The standard InChI is InChI=1S/C12H17NO2/c1-5-7-8-11(9-10(3)15-4)13-12(14)6-2/h5-6,8-9H,1-2,7H2,3-4H3,(H,13,14)/b10-9+,11-8?. The van der Waals surface area contributed by atoms with Crippen LogP contribution in [0.2, 0.25) is 0 Å². The van der Waals surface area contributed by atoms with Crippen LogP contribution in [0.4, 0.5) is 0 Å². The van der Waals surface area contributed by atoms with E-state index in [0.29, 0.717) is 12.1 Å². The summed E-state index contributed by atoms with van der Waals surface area (Å²) in [7, 11) is 1.58. The zero-order valence-electron chi connectivity index (χ0n) is 9.25. The van der Waals surface area contributed by atoms with E-state index in [2.05, 4.69) is 18.5 Å². The Kier molecular flexibility index (Phi) is 6.72. The largest absolute Gasteiger partial charge is 0.501 e. The van der Waals surface area contributed by atoms with Gasteiger partial charge in [0.05, 0.1) is 12.9 Å². The van der Waals surface area contributed by atoms with Gasteiger partial charge in [0.1, 0.15) is 0 Å². The second-order valence-corrected chi connectivity index (χ2v) is 2.84. The molecule has 0 aliphatic rings. The fourth-order valence-electron chi connectivity index (χ4n) is 0.828. The van der Waals surface area contributed by atoms with Gasteiger partial charge in [0.15, 0.2) is 0 Å². The van der Waals surface area contributed by atoms with Crippen molar-refractivity contribution in [3.63, 3.8) is 0 Å². The first-order chi connectivity index (χ1) is 7.13. The van der Waals surface area contributed by atoms with Gasteiger partial charge in [-0.2, -0.15) is 0 Å². The molecule has 82 valence electrons. The molecule has 0 unspecified atom stereocenters. The van der Waals surface area contributed by atoms with Crippen LogP contribution in [0, 0.1) is 0 Å². The molecule has 0 radical (unpaired) electrons. The van der Waals surface area contributed by atoms with Crippen LogP contribution in [0.15, 0.2) is 48.9 Å². The molecule has 0 aliphatic heterocycles. The van der Waals surface area contributed by atoms with E-state index in [1.54, 1.807) is 19.3 Å². The third-order valence-electron chi connectivity index (χ3n) is 1.64. The summed E-state index contributed by atoms with van der Waals surface area (Å²) in [6.07, 6.45) is 7.23. The lowest BCUT2D eigenvalue weighted by atomic mass is 10.3. The Morgan fingerprint density at radius 1 is 1.47 bits per heavy atom. The highest BCUT2D eigenvalue weighted by molar-refractivity contribution is 5.88. The molecule has 15 heavy (non-hydrogen) atoms. The highest BCUT2D eigenvalue weighted by Gasteiger charge is 1.98. The number of methoxy groups -OCH3 is 1. The lowest BCUT2D eigenvalue weighted by molar-refractivity contribution is -0.115. The van der Waals surface area contributed by atoms with Gasteiger partial charge in [0.25, 0.3) is 0 Å². The number of carbonyl (C=O) groups excluding carboxylic acids is 1. The Balaban J connectivity index is 4.65. The number of hydrogen-bond donors (Lipinski definition) is 1. The van der Waals surface area contributed by atoms with Crippen molar-refractivity contribution in [1.82, 2.24) is 5.32 Å². The van der Waals surface area contributed by atoms with Gasteiger partial charge in [-0.3, -0.25) is 4.79 Å². The van der Waals surface area contributed by atoms with E-state index in [0.717, 1.165) is 5.76 Å². The molecule has 0 saturated heterocycles. The van der Waals surface area contributed by atoms with Crippen molar-refractivity contribution in [1.29, 1.82) is 0 Å². The summed E-state index contributed by atoms with van der Waals surface area (Å²) >= 11 is 0. The topological polar surface area (TPSA) is 38.3 Å². The van der Waals surface area contributed by atoms with Gasteiger partial charge in [0, 0.05) is 5.70 Å². The first-order valence-electron chi connectivity index (χ1n) is 4.60. The normalized spacial score (nSPS) is 11.9. The van der Waals surface area contributed by atoms with Crippen molar-refractivity contribution in [3.8, 4) is 0 Å². The van der Waals surface area contributed by atoms with Crippen molar-refractivity contribution in [2.75, 3.05) is 7.11 Å². The van der Waals surface area contributed by atoms with Gasteiger partial charge in [-0.25, -0.2) is 0 Å². The summed E-state index contributed by atoms with van der Waals surface area (Å²) in [6, 6.07) is 0. The Morgan fingerprint density at radius 3 is 2.60 bits per heavy atom. The average Bonchev–Trinajstić information content (AvgIpc) is 2.25. The molecule has 0 heterocycles. The molecular weight excluding hydrogens is 190 g/mol. The van der Waals surface area contributed by atoms with Crippen molar-refractivity contribution < 1.29 is 9.53 Å². The Bertz CT molecular complexity index is 301. The Hall–Kier alpha value is -1.77. The molecule has 0 saturated carbocycles. The van der Waals surface area contributed by atoms with E-state index in [1.807, 2.05) is 13.0 Å². The second kappa shape index (κ2) is 7.62. The molecule has 0 aromatic carbocycles. The molecule has 0 aromatic rings. The molecule has 0 rings (SSSR count). The van der Waals surface area contributed by atoms with E-state index >= 15 is 0 Å². The lowest BCUT2D eigenvalue weighted by Crippen LogP contribution is -2.19. The third-order valence-corrected chi connectivity index (χ3v) is 1.64. The van der Waals surface area contributed by atoms with Crippen LogP contribution in [0.5, 0.6) is 0 Å². The lowest BCUT2D eigenvalue weighted by Gasteiger charge is -2.05. The molecule has 3 nitrogen and oxygen atoms in total. The fraction of sp³-hybridized carbons (Fsp3) is 0.250. The number of rotatable bonds is 6. The molecule has 3 heteroatoms. The van der Waals surface area contributed by atoms with E-state index in [-0.39, 0.29) is 5.91 Å². The zero-order valence-corrected chi connectivity index (χ0v) is 9.25. The van der Waals surface area contributed by atoms with E-state index in [9.17, 15) is 4.79 Å². The first kappa shape index (κ1) is 13.2. The molecule has 0 aromatic heterocycles. The molecule has 1 amide bonds. The van der Waals surface area contributed by atoms with Gasteiger partial charge in [-0.05, 0) is 25.5 Å². The molecule has 0 atom stereocenters. The van der Waals surface area contributed by atoms with Crippen LogP contribution in [0.25, 0.3) is 0 Å². The summed E-state index contributed by atoms with van der Waals surface area (Å²) < 4.78 is 4.99. The third kappa shape index (κ3) is 6.32. The Labute approximate surface area is 90.8 Å². The number of ether oxygens (including phenoxy) is 1. The van der Waals surface area contributed by atoms with Gasteiger partial charge >= 0.3 is 0 Å². The SMILES string of the molecule is C=CCC=C(/C=C(\C)OC)NC(=O)C=C. The van der Waals surface area contributed by atoms with Gasteiger partial charge < -0.3 is 10.1 Å². The maximum absolute atomic E-state index is 11.1. The summed E-state index contributed by atoms with van der Waals surface area (Å²) in [4.78, 5) is 11.1. The van der Waals surface area contributed by atoms with Crippen LogP contribution >= 0.6 is 0 Å². The average molecular weight is 207 g/mol. The molecule has 0 bridgehead atoms. The number of amides is 1. The van der Waals surface area contributed by atoms with Crippen LogP contribution < -0.4 is 5.32 Å². The molecular formula is C12H17NO2. The van der Waals surface area contributed by atoms with E-state index < -0.39 is 0 Å². The monoisotopic (exact) mass is 207 g/mol. The van der Waals surface area contributed by atoms with Crippen molar-refractivity contribution in [3.05, 3.63) is 48.9 Å². The highest BCUT2D eigenvalue weighted by Crippen LogP contribution is 2.02. The van der Waals surface area contributed by atoms with Crippen molar-refractivity contribution >= 4 is 5.91 Å². The van der Waals surface area contributed by atoms with Gasteiger partial charge in [-0.1, -0.05) is 18.7 Å². The number of allylic oxidation sites excluding steroid dienone is 4. The maximum atomic E-state index is 11.1. The minimum absolute atomic E-state index is 0.245. The number of hydrogen-bond acceptors (Lipinski definition) is 2. The summed E-state index contributed by atoms with van der Waals surface area (Å²) in [6.45, 7) is 8.79. The molecule has 0 spiro atoms. The highest BCUT2D eigenvalue weighted by atomic mass is 16.5.